The lowest BCUT2D eigenvalue weighted by Crippen LogP contribution is -2.33. The van der Waals surface area contributed by atoms with E-state index in [1.807, 2.05) is 0 Å². The van der Waals surface area contributed by atoms with Crippen molar-refractivity contribution < 1.29 is 4.74 Å². The van der Waals surface area contributed by atoms with Crippen molar-refractivity contribution >= 4 is 0 Å². The number of ether oxygens (including phenoxy) is 1. The van der Waals surface area contributed by atoms with Crippen LogP contribution in [-0.4, -0.2) is 37.7 Å². The summed E-state index contributed by atoms with van der Waals surface area (Å²) in [7, 11) is 1.75. The maximum absolute atomic E-state index is 6.24. The molecule has 1 aromatic rings. The van der Waals surface area contributed by atoms with E-state index in [1.54, 1.807) is 7.11 Å². The van der Waals surface area contributed by atoms with Gasteiger partial charge in [-0.1, -0.05) is 29.8 Å². The van der Waals surface area contributed by atoms with Crippen molar-refractivity contribution in [3.8, 4) is 0 Å². The van der Waals surface area contributed by atoms with E-state index >= 15 is 0 Å². The Morgan fingerprint density at radius 1 is 1.47 bits per heavy atom. The fraction of sp³-hybridized carbons (Fsp3) is 0.571. The second-order valence-corrected chi connectivity index (χ2v) is 4.84. The van der Waals surface area contributed by atoms with E-state index < -0.39 is 0 Å². The van der Waals surface area contributed by atoms with Gasteiger partial charge in [0.2, 0.25) is 0 Å². The summed E-state index contributed by atoms with van der Waals surface area (Å²) in [6, 6.07) is 9.27. The zero-order valence-electron chi connectivity index (χ0n) is 10.7. The van der Waals surface area contributed by atoms with Crippen molar-refractivity contribution in [2.75, 3.05) is 26.8 Å². The normalized spacial score (nSPS) is 25.4. The average molecular weight is 234 g/mol. The lowest BCUT2D eigenvalue weighted by Gasteiger charge is -2.27. The van der Waals surface area contributed by atoms with Gasteiger partial charge in [-0.05, 0) is 18.9 Å². The van der Waals surface area contributed by atoms with Crippen LogP contribution in [0.1, 0.15) is 23.6 Å². The number of nitrogens with zero attached hydrogens (tertiary/aromatic N) is 1. The number of methoxy groups -OCH3 is 1. The van der Waals surface area contributed by atoms with Crippen molar-refractivity contribution in [2.24, 2.45) is 5.73 Å². The number of benzene rings is 1. The number of nitrogens with two attached hydrogens (primary N) is 1. The van der Waals surface area contributed by atoms with E-state index in [-0.39, 0.29) is 6.04 Å². The monoisotopic (exact) mass is 234 g/mol. The molecule has 2 N–H and O–H groups in total. The second kappa shape index (κ2) is 5.63. The van der Waals surface area contributed by atoms with Crippen LogP contribution >= 0.6 is 0 Å². The SMILES string of the molecule is COCCN1CCC(N)C1c1cccc(C)c1. The first-order valence-corrected chi connectivity index (χ1v) is 6.27. The lowest BCUT2D eigenvalue weighted by atomic mass is 9.99. The Hall–Kier alpha value is -0.900. The topological polar surface area (TPSA) is 38.5 Å². The minimum atomic E-state index is 0.244. The third-order valence-corrected chi connectivity index (χ3v) is 3.51. The molecule has 0 bridgehead atoms. The molecule has 94 valence electrons. The molecule has 17 heavy (non-hydrogen) atoms. The van der Waals surface area contributed by atoms with Gasteiger partial charge in [-0.25, -0.2) is 0 Å². The molecular formula is C14H22N2O. The van der Waals surface area contributed by atoms with Gasteiger partial charge in [0.15, 0.2) is 0 Å². The highest BCUT2D eigenvalue weighted by molar-refractivity contribution is 5.27. The molecule has 2 atom stereocenters. The molecule has 1 aliphatic heterocycles. The average Bonchev–Trinajstić information content (AvgIpc) is 2.68. The van der Waals surface area contributed by atoms with Crippen LogP contribution in [0.25, 0.3) is 0 Å². The van der Waals surface area contributed by atoms with Gasteiger partial charge >= 0.3 is 0 Å². The molecule has 0 amide bonds. The quantitative estimate of drug-likeness (QED) is 0.862. The zero-order chi connectivity index (χ0) is 12.3. The highest BCUT2D eigenvalue weighted by Gasteiger charge is 2.32. The second-order valence-electron chi connectivity index (χ2n) is 4.84. The van der Waals surface area contributed by atoms with Gasteiger partial charge < -0.3 is 10.5 Å². The van der Waals surface area contributed by atoms with E-state index in [1.165, 1.54) is 11.1 Å². The van der Waals surface area contributed by atoms with Crippen molar-refractivity contribution in [2.45, 2.75) is 25.4 Å². The number of hydrogen-bond acceptors (Lipinski definition) is 3. The molecular weight excluding hydrogens is 212 g/mol. The van der Waals surface area contributed by atoms with Crippen LogP contribution in [0, 0.1) is 6.92 Å². The predicted molar refractivity (Wildman–Crippen MR) is 70.0 cm³/mol. The van der Waals surface area contributed by atoms with Crippen molar-refractivity contribution in [3.63, 3.8) is 0 Å². The molecule has 3 heteroatoms. The first kappa shape index (κ1) is 12.6. The van der Waals surface area contributed by atoms with Crippen LogP contribution in [0.2, 0.25) is 0 Å². The highest BCUT2D eigenvalue weighted by Crippen LogP contribution is 2.31. The Morgan fingerprint density at radius 3 is 3.00 bits per heavy atom. The van der Waals surface area contributed by atoms with Crippen molar-refractivity contribution in [1.29, 1.82) is 0 Å². The minimum Gasteiger partial charge on any atom is -0.383 e. The summed E-state index contributed by atoms with van der Waals surface area (Å²) in [6.07, 6.45) is 1.07. The molecule has 0 radical (unpaired) electrons. The largest absolute Gasteiger partial charge is 0.383 e. The van der Waals surface area contributed by atoms with Gasteiger partial charge in [-0.15, -0.1) is 0 Å². The van der Waals surface area contributed by atoms with Crippen LogP contribution in [0.5, 0.6) is 0 Å². The first-order chi connectivity index (χ1) is 8.22. The first-order valence-electron chi connectivity index (χ1n) is 6.27. The highest BCUT2D eigenvalue weighted by atomic mass is 16.5. The number of aryl methyl sites for hydroxylation is 1. The van der Waals surface area contributed by atoms with Crippen LogP contribution in [0.3, 0.4) is 0 Å². The van der Waals surface area contributed by atoms with Gasteiger partial charge in [0, 0.05) is 26.2 Å². The molecule has 1 heterocycles. The predicted octanol–water partition coefficient (Wildman–Crippen LogP) is 1.72. The fourth-order valence-corrected chi connectivity index (χ4v) is 2.65. The Labute approximate surface area is 104 Å². The zero-order valence-corrected chi connectivity index (χ0v) is 10.7. The number of hydrogen-bond donors (Lipinski definition) is 1. The fourth-order valence-electron chi connectivity index (χ4n) is 2.65. The van der Waals surface area contributed by atoms with Gasteiger partial charge in [0.25, 0.3) is 0 Å². The van der Waals surface area contributed by atoms with E-state index in [2.05, 4.69) is 36.1 Å². The summed E-state index contributed by atoms with van der Waals surface area (Å²) in [5.74, 6) is 0. The molecule has 1 saturated heterocycles. The molecule has 1 aromatic carbocycles. The molecule has 1 aliphatic rings. The van der Waals surface area contributed by atoms with Crippen LogP contribution in [0.15, 0.2) is 24.3 Å². The third-order valence-electron chi connectivity index (χ3n) is 3.51. The van der Waals surface area contributed by atoms with Gasteiger partial charge in [-0.2, -0.15) is 0 Å². The summed E-state index contributed by atoms with van der Waals surface area (Å²) in [6.45, 7) is 4.93. The van der Waals surface area contributed by atoms with Gasteiger partial charge in [0.05, 0.1) is 12.6 Å². The molecule has 0 saturated carbocycles. The summed E-state index contributed by atoms with van der Waals surface area (Å²) in [5.41, 5.74) is 8.88. The summed E-state index contributed by atoms with van der Waals surface area (Å²) < 4.78 is 5.16. The Kier molecular flexibility index (Phi) is 4.15. The van der Waals surface area contributed by atoms with E-state index in [0.717, 1.165) is 26.1 Å². The smallest absolute Gasteiger partial charge is 0.0589 e. The molecule has 0 aromatic heterocycles. The molecule has 1 fully saturated rings. The Morgan fingerprint density at radius 2 is 2.29 bits per heavy atom. The lowest BCUT2D eigenvalue weighted by molar-refractivity contribution is 0.139. The summed E-state index contributed by atoms with van der Waals surface area (Å²) >= 11 is 0. The maximum Gasteiger partial charge on any atom is 0.0589 e. The van der Waals surface area contributed by atoms with Crippen LogP contribution < -0.4 is 5.73 Å². The summed E-state index contributed by atoms with van der Waals surface area (Å²) in [5, 5.41) is 0. The standard InChI is InChI=1S/C14H22N2O/c1-11-4-3-5-12(10-11)14-13(15)6-7-16(14)8-9-17-2/h3-5,10,13-14H,6-9,15H2,1-2H3. The van der Waals surface area contributed by atoms with Gasteiger partial charge in [0.1, 0.15) is 0 Å². The molecule has 2 unspecified atom stereocenters. The Balaban J connectivity index is 2.15. The summed E-state index contributed by atoms with van der Waals surface area (Å²) in [4.78, 5) is 2.43. The van der Waals surface area contributed by atoms with Crippen molar-refractivity contribution in [3.05, 3.63) is 35.4 Å². The third kappa shape index (κ3) is 2.86. The molecule has 3 nitrogen and oxygen atoms in total. The van der Waals surface area contributed by atoms with Crippen molar-refractivity contribution in [1.82, 2.24) is 4.90 Å². The number of rotatable bonds is 4. The van der Waals surface area contributed by atoms with Crippen LogP contribution in [0.4, 0.5) is 0 Å². The molecule has 2 rings (SSSR count). The minimum absolute atomic E-state index is 0.244. The Bertz CT molecular complexity index is 367. The number of likely N-dealkylation sites (tertiary alicyclic amines) is 1. The van der Waals surface area contributed by atoms with Gasteiger partial charge in [-0.3, -0.25) is 4.90 Å². The molecule has 0 spiro atoms. The van der Waals surface area contributed by atoms with E-state index in [4.69, 9.17) is 10.5 Å². The van der Waals surface area contributed by atoms with E-state index in [9.17, 15) is 0 Å². The van der Waals surface area contributed by atoms with Crippen LogP contribution in [-0.2, 0) is 4.74 Å². The van der Waals surface area contributed by atoms with E-state index in [0.29, 0.717) is 6.04 Å². The molecule has 0 aliphatic carbocycles. The maximum atomic E-state index is 6.24.